The Morgan fingerprint density at radius 3 is 2.56 bits per heavy atom. The van der Waals surface area contributed by atoms with Crippen LogP contribution in [0.2, 0.25) is 0 Å². The molecule has 3 aliphatic rings. The van der Waals surface area contributed by atoms with E-state index >= 15 is 0 Å². The molecule has 32 heavy (non-hydrogen) atoms. The largest absolute Gasteiger partial charge is 0.353 e. The molecule has 0 bridgehead atoms. The lowest BCUT2D eigenvalue weighted by molar-refractivity contribution is 0.175. The minimum atomic E-state index is 0.140. The molecule has 7 nitrogen and oxygen atoms in total. The third kappa shape index (κ3) is 5.18. The molecule has 5 rings (SSSR count). The highest BCUT2D eigenvalue weighted by molar-refractivity contribution is 7.13. The van der Waals surface area contributed by atoms with E-state index < -0.39 is 0 Å². The number of carbonyl (C=O) groups excluding carboxylic acids is 1. The van der Waals surface area contributed by atoms with Crippen molar-refractivity contribution < 1.29 is 4.79 Å². The molecule has 1 aliphatic carbocycles. The maximum Gasteiger partial charge on any atom is 0.317 e. The first kappa shape index (κ1) is 21.9. The molecular weight excluding hydrogens is 420 g/mol. The first-order chi connectivity index (χ1) is 15.8. The molecule has 2 aromatic rings. The number of anilines is 1. The van der Waals surface area contributed by atoms with E-state index in [1.165, 1.54) is 41.7 Å². The van der Waals surface area contributed by atoms with Gasteiger partial charge in [-0.2, -0.15) is 4.37 Å². The maximum atomic E-state index is 12.4. The summed E-state index contributed by atoms with van der Waals surface area (Å²) < 4.78 is 6.02. The van der Waals surface area contributed by atoms with Crippen molar-refractivity contribution in [3.8, 4) is 0 Å². The molecule has 1 aromatic heterocycles. The molecule has 1 aromatic carbocycles. The van der Waals surface area contributed by atoms with Gasteiger partial charge in [-0.1, -0.05) is 12.1 Å². The summed E-state index contributed by atoms with van der Waals surface area (Å²) in [5, 5.41) is 7.89. The Bertz CT molecular complexity index is 881. The third-order valence-corrected chi connectivity index (χ3v) is 8.28. The van der Waals surface area contributed by atoms with E-state index in [9.17, 15) is 4.79 Å². The van der Waals surface area contributed by atoms with Crippen LogP contribution >= 0.6 is 11.5 Å². The maximum absolute atomic E-state index is 12.4. The number of urea groups is 1. The molecule has 174 valence electrons. The van der Waals surface area contributed by atoms with Crippen molar-refractivity contribution in [2.45, 2.75) is 38.1 Å². The van der Waals surface area contributed by atoms with Gasteiger partial charge in [0.25, 0.3) is 0 Å². The number of hydrogen-bond donors (Lipinski definition) is 2. The summed E-state index contributed by atoms with van der Waals surface area (Å²) in [7, 11) is 0. The van der Waals surface area contributed by atoms with Gasteiger partial charge in [0.1, 0.15) is 5.82 Å². The zero-order valence-corrected chi connectivity index (χ0v) is 19.8. The quantitative estimate of drug-likeness (QED) is 0.724. The highest BCUT2D eigenvalue weighted by Crippen LogP contribution is 2.30. The third-order valence-electron chi connectivity index (χ3n) is 7.46. The van der Waals surface area contributed by atoms with Crippen LogP contribution in [0.4, 0.5) is 10.6 Å². The molecule has 0 atom stereocenters. The van der Waals surface area contributed by atoms with Crippen molar-refractivity contribution >= 4 is 33.5 Å². The summed E-state index contributed by atoms with van der Waals surface area (Å²) in [5.74, 6) is 1.98. The zero-order chi connectivity index (χ0) is 21.8. The SMILES string of the molecule is O=C(NC1CCC(CCN2CCN(c3nsc4ccccc34)CC2)CC1)N1CCNCC1. The Kier molecular flexibility index (Phi) is 7.10. The smallest absolute Gasteiger partial charge is 0.317 e. The van der Waals surface area contributed by atoms with Crippen molar-refractivity contribution in [3.63, 3.8) is 0 Å². The summed E-state index contributed by atoms with van der Waals surface area (Å²) >= 11 is 1.61. The van der Waals surface area contributed by atoms with Crippen molar-refractivity contribution in [1.82, 2.24) is 24.8 Å². The molecular formula is C24H36N6OS. The lowest BCUT2D eigenvalue weighted by Crippen LogP contribution is -2.52. The number of amides is 2. The van der Waals surface area contributed by atoms with Crippen molar-refractivity contribution in [2.75, 3.05) is 63.8 Å². The predicted octanol–water partition coefficient (Wildman–Crippen LogP) is 2.98. The Morgan fingerprint density at radius 2 is 1.78 bits per heavy atom. The van der Waals surface area contributed by atoms with E-state index in [1.54, 1.807) is 11.5 Å². The predicted molar refractivity (Wildman–Crippen MR) is 132 cm³/mol. The molecule has 2 amide bonds. The number of piperazine rings is 2. The summed E-state index contributed by atoms with van der Waals surface area (Å²) in [5.41, 5.74) is 0. The number of nitrogens with one attached hydrogen (secondary N) is 2. The number of rotatable bonds is 5. The van der Waals surface area contributed by atoms with Gasteiger partial charge in [0.05, 0.1) is 4.70 Å². The topological polar surface area (TPSA) is 63.7 Å². The van der Waals surface area contributed by atoms with Gasteiger partial charge in [0, 0.05) is 63.8 Å². The fourth-order valence-corrected chi connectivity index (χ4v) is 6.17. The van der Waals surface area contributed by atoms with Crippen LogP contribution in [0.15, 0.2) is 24.3 Å². The lowest BCUT2D eigenvalue weighted by Gasteiger charge is -2.37. The second kappa shape index (κ2) is 10.4. The summed E-state index contributed by atoms with van der Waals surface area (Å²) in [6.45, 7) is 9.07. The lowest BCUT2D eigenvalue weighted by atomic mass is 9.84. The Morgan fingerprint density at radius 1 is 1.03 bits per heavy atom. The van der Waals surface area contributed by atoms with Gasteiger partial charge in [-0.25, -0.2) is 4.79 Å². The molecule has 0 radical (unpaired) electrons. The van der Waals surface area contributed by atoms with Crippen LogP contribution in [0, 0.1) is 5.92 Å². The standard InChI is InChI=1S/C24H36N6OS/c31-24(30-13-10-25-11-14-30)26-20-7-5-19(6-8-20)9-12-28-15-17-29(18-16-28)23-21-3-1-2-4-22(21)32-27-23/h1-4,19-20,25H,5-18H2,(H,26,31). The van der Waals surface area contributed by atoms with Gasteiger partial charge >= 0.3 is 6.03 Å². The van der Waals surface area contributed by atoms with Crippen LogP contribution in [0.25, 0.3) is 10.1 Å². The van der Waals surface area contributed by atoms with Gasteiger partial charge in [-0.15, -0.1) is 0 Å². The average Bonchev–Trinajstić information content (AvgIpc) is 3.29. The number of nitrogens with zero attached hydrogens (tertiary/aromatic N) is 4. The summed E-state index contributed by atoms with van der Waals surface area (Å²) in [4.78, 5) is 19.5. The van der Waals surface area contributed by atoms with Crippen molar-refractivity contribution in [1.29, 1.82) is 0 Å². The van der Waals surface area contributed by atoms with Crippen LogP contribution in [0.1, 0.15) is 32.1 Å². The zero-order valence-electron chi connectivity index (χ0n) is 19.0. The van der Waals surface area contributed by atoms with E-state index in [-0.39, 0.29) is 6.03 Å². The van der Waals surface area contributed by atoms with Gasteiger partial charge in [0.15, 0.2) is 0 Å². The van der Waals surface area contributed by atoms with Crippen LogP contribution in [0.3, 0.4) is 0 Å². The van der Waals surface area contributed by atoms with Gasteiger partial charge in [-0.05, 0) is 68.2 Å². The van der Waals surface area contributed by atoms with Crippen LogP contribution in [0.5, 0.6) is 0 Å². The number of aromatic nitrogens is 1. The minimum Gasteiger partial charge on any atom is -0.353 e. The molecule has 2 N–H and O–H groups in total. The molecule has 2 aliphatic heterocycles. The Balaban J connectivity index is 1.01. The molecule has 2 saturated heterocycles. The second-order valence-electron chi connectivity index (χ2n) is 9.52. The van der Waals surface area contributed by atoms with Gasteiger partial charge in [-0.3, -0.25) is 4.90 Å². The first-order valence-electron chi connectivity index (χ1n) is 12.3. The molecule has 1 saturated carbocycles. The van der Waals surface area contributed by atoms with E-state index in [4.69, 9.17) is 4.37 Å². The Labute approximate surface area is 195 Å². The monoisotopic (exact) mass is 456 g/mol. The van der Waals surface area contributed by atoms with Crippen LogP contribution < -0.4 is 15.5 Å². The fourth-order valence-electron chi connectivity index (χ4n) is 5.38. The highest BCUT2D eigenvalue weighted by atomic mass is 32.1. The Hall–Kier alpha value is -1.90. The molecule has 0 spiro atoms. The number of benzene rings is 1. The van der Waals surface area contributed by atoms with Crippen molar-refractivity contribution in [3.05, 3.63) is 24.3 Å². The fraction of sp³-hybridized carbons (Fsp3) is 0.667. The summed E-state index contributed by atoms with van der Waals surface area (Å²) in [6, 6.07) is 9.07. The normalized spacial score (nSPS) is 25.2. The highest BCUT2D eigenvalue weighted by Gasteiger charge is 2.26. The molecule has 8 heteroatoms. The van der Waals surface area contributed by atoms with E-state index in [1.807, 2.05) is 4.90 Å². The van der Waals surface area contributed by atoms with Crippen LogP contribution in [-0.2, 0) is 0 Å². The van der Waals surface area contributed by atoms with Crippen LogP contribution in [-0.4, -0.2) is 85.1 Å². The molecule has 3 fully saturated rings. The molecule has 3 heterocycles. The summed E-state index contributed by atoms with van der Waals surface area (Å²) in [6.07, 6.45) is 6.05. The van der Waals surface area contributed by atoms with E-state index in [0.717, 1.165) is 71.1 Å². The van der Waals surface area contributed by atoms with E-state index in [2.05, 4.69) is 44.7 Å². The first-order valence-corrected chi connectivity index (χ1v) is 13.1. The minimum absolute atomic E-state index is 0.140. The average molecular weight is 457 g/mol. The van der Waals surface area contributed by atoms with Gasteiger partial charge in [0.2, 0.25) is 0 Å². The van der Waals surface area contributed by atoms with E-state index in [0.29, 0.717) is 6.04 Å². The van der Waals surface area contributed by atoms with Crippen molar-refractivity contribution in [2.24, 2.45) is 5.92 Å². The second-order valence-corrected chi connectivity index (χ2v) is 10.3. The molecule has 0 unspecified atom stereocenters. The van der Waals surface area contributed by atoms with Gasteiger partial charge < -0.3 is 20.4 Å². The number of fused-ring (bicyclic) bond motifs is 1. The number of carbonyl (C=O) groups is 1. The number of hydrogen-bond acceptors (Lipinski definition) is 6.